The van der Waals surface area contributed by atoms with E-state index in [1.807, 2.05) is 56.4 Å². The van der Waals surface area contributed by atoms with Gasteiger partial charge < -0.3 is 24.7 Å². The Morgan fingerprint density at radius 2 is 1.79 bits per heavy atom. The molecule has 0 bridgehead atoms. The summed E-state index contributed by atoms with van der Waals surface area (Å²) in [5.41, 5.74) is 1.35. The third-order valence-electron chi connectivity index (χ3n) is 7.93. The van der Waals surface area contributed by atoms with Crippen molar-refractivity contribution in [1.82, 2.24) is 0 Å². The lowest BCUT2D eigenvalue weighted by atomic mass is 9.82. The summed E-state index contributed by atoms with van der Waals surface area (Å²) in [5, 5.41) is 12.8. The number of anilines is 3. The van der Waals surface area contributed by atoms with Crippen molar-refractivity contribution in [2.75, 3.05) is 23.9 Å². The number of carbonyl (C=O) groups is 2. The molecule has 0 aromatic heterocycles. The predicted octanol–water partition coefficient (Wildman–Crippen LogP) is 4.81. The molecule has 1 spiro atoms. The molecule has 2 aliphatic heterocycles. The second kappa shape index (κ2) is 10.2. The first-order chi connectivity index (χ1) is 18.6. The van der Waals surface area contributed by atoms with Crippen LogP contribution in [0, 0.1) is 5.92 Å². The normalized spacial score (nSPS) is 24.2. The second-order valence-corrected chi connectivity index (χ2v) is 14.7. The number of amides is 2. The van der Waals surface area contributed by atoms with E-state index in [1.165, 1.54) is 0 Å². The molecule has 3 aromatic carbocycles. The Labute approximate surface area is 229 Å². The van der Waals surface area contributed by atoms with Crippen molar-refractivity contribution in [2.24, 2.45) is 5.92 Å². The number of methoxy groups -OCH3 is 1. The summed E-state index contributed by atoms with van der Waals surface area (Å²) in [7, 11) is -1.24. The van der Waals surface area contributed by atoms with E-state index >= 15 is 0 Å². The lowest BCUT2D eigenvalue weighted by Crippen LogP contribution is -2.45. The Morgan fingerprint density at radius 3 is 2.41 bits per heavy atom. The highest BCUT2D eigenvalue weighted by molar-refractivity contribution is 6.71. The number of para-hydroxylation sites is 1. The second-order valence-electron chi connectivity index (χ2n) is 10.8. The van der Waals surface area contributed by atoms with Gasteiger partial charge in [-0.1, -0.05) is 25.1 Å². The van der Waals surface area contributed by atoms with Gasteiger partial charge in [0.2, 0.25) is 0 Å². The summed E-state index contributed by atoms with van der Waals surface area (Å²) < 4.78 is 11.8. The SMILES string of the molecule is COc1ccc(C(=O)Nc2ccc3c(c2)[C@@]2(O[C@H](CCO)[C@@H]([Si](C)(C)O)[C@@H]2C)C(=O)N3c2ccccc2)cc1. The number of ether oxygens (including phenoxy) is 2. The summed E-state index contributed by atoms with van der Waals surface area (Å²) >= 11 is 0. The number of rotatable bonds is 7. The number of fused-ring (bicyclic) bond motifs is 2. The maximum Gasteiger partial charge on any atom is 0.268 e. The Balaban J connectivity index is 1.60. The molecule has 2 heterocycles. The van der Waals surface area contributed by atoms with Crippen molar-refractivity contribution in [3.05, 3.63) is 83.9 Å². The molecule has 3 aromatic rings. The fraction of sp³-hybridized carbons (Fsp3) is 0.333. The van der Waals surface area contributed by atoms with Crippen LogP contribution in [0.3, 0.4) is 0 Å². The summed E-state index contributed by atoms with van der Waals surface area (Å²) in [5.74, 6) is -0.247. The van der Waals surface area contributed by atoms with E-state index in [4.69, 9.17) is 9.47 Å². The minimum absolute atomic E-state index is 0.115. The van der Waals surface area contributed by atoms with E-state index < -0.39 is 20.0 Å². The number of nitrogens with one attached hydrogen (secondary N) is 1. The molecule has 2 amide bonds. The molecule has 5 rings (SSSR count). The number of nitrogens with zero attached hydrogens (tertiary/aromatic N) is 1. The quantitative estimate of drug-likeness (QED) is 0.367. The average Bonchev–Trinajstić information content (AvgIpc) is 3.35. The monoisotopic (exact) mass is 546 g/mol. The van der Waals surface area contributed by atoms with Gasteiger partial charge in [-0.25, -0.2) is 0 Å². The molecule has 0 unspecified atom stereocenters. The molecule has 9 heteroatoms. The summed E-state index contributed by atoms with van der Waals surface area (Å²) in [6, 6.07) is 21.6. The minimum atomic E-state index is -2.81. The lowest BCUT2D eigenvalue weighted by molar-refractivity contribution is -0.145. The topological polar surface area (TPSA) is 108 Å². The number of carbonyl (C=O) groups excluding carboxylic acids is 2. The van der Waals surface area contributed by atoms with Crippen LogP contribution in [-0.2, 0) is 15.1 Å². The number of aliphatic hydroxyl groups is 1. The highest BCUT2D eigenvalue weighted by atomic mass is 28.4. The van der Waals surface area contributed by atoms with Crippen molar-refractivity contribution in [3.63, 3.8) is 0 Å². The molecule has 1 fully saturated rings. The molecule has 204 valence electrons. The Hall–Kier alpha value is -3.50. The van der Waals surface area contributed by atoms with Crippen molar-refractivity contribution in [1.29, 1.82) is 0 Å². The number of aliphatic hydroxyl groups excluding tert-OH is 1. The van der Waals surface area contributed by atoms with Crippen LogP contribution in [-0.4, -0.2) is 49.9 Å². The van der Waals surface area contributed by atoms with Gasteiger partial charge in [-0.2, -0.15) is 0 Å². The molecule has 3 N–H and O–H groups in total. The van der Waals surface area contributed by atoms with E-state index in [2.05, 4.69) is 5.32 Å². The largest absolute Gasteiger partial charge is 0.497 e. The van der Waals surface area contributed by atoms with Crippen molar-refractivity contribution >= 4 is 37.2 Å². The van der Waals surface area contributed by atoms with Gasteiger partial charge in [0.25, 0.3) is 11.8 Å². The van der Waals surface area contributed by atoms with E-state index in [1.54, 1.807) is 48.4 Å². The molecular formula is C30H34N2O6Si. The van der Waals surface area contributed by atoms with Gasteiger partial charge in [-0.3, -0.25) is 14.5 Å². The molecule has 0 radical (unpaired) electrons. The van der Waals surface area contributed by atoms with Crippen LogP contribution in [0.4, 0.5) is 17.1 Å². The number of hydrogen-bond acceptors (Lipinski definition) is 6. The van der Waals surface area contributed by atoms with Gasteiger partial charge >= 0.3 is 0 Å². The molecule has 1 saturated heterocycles. The Bertz CT molecular complexity index is 1370. The van der Waals surface area contributed by atoms with Crippen LogP contribution in [0.1, 0.15) is 29.3 Å². The van der Waals surface area contributed by atoms with Gasteiger partial charge in [-0.15, -0.1) is 0 Å². The first-order valence-corrected chi connectivity index (χ1v) is 16.1. The lowest BCUT2D eigenvalue weighted by Gasteiger charge is -2.32. The zero-order valence-electron chi connectivity index (χ0n) is 22.5. The molecule has 39 heavy (non-hydrogen) atoms. The first kappa shape index (κ1) is 27.1. The number of hydrogen-bond donors (Lipinski definition) is 3. The predicted molar refractivity (Wildman–Crippen MR) is 152 cm³/mol. The van der Waals surface area contributed by atoms with Crippen LogP contribution in [0.2, 0.25) is 18.6 Å². The van der Waals surface area contributed by atoms with Gasteiger partial charge in [0.05, 0.1) is 18.9 Å². The average molecular weight is 547 g/mol. The van der Waals surface area contributed by atoms with Crippen LogP contribution >= 0.6 is 0 Å². The highest BCUT2D eigenvalue weighted by Gasteiger charge is 2.66. The van der Waals surface area contributed by atoms with E-state index in [0.29, 0.717) is 40.4 Å². The fourth-order valence-corrected chi connectivity index (χ4v) is 8.86. The van der Waals surface area contributed by atoms with Crippen molar-refractivity contribution < 1.29 is 29.0 Å². The molecule has 0 aliphatic carbocycles. The van der Waals surface area contributed by atoms with Gasteiger partial charge in [-0.05, 0) is 74.1 Å². The van der Waals surface area contributed by atoms with Crippen molar-refractivity contribution in [3.8, 4) is 5.75 Å². The fourth-order valence-electron chi connectivity index (χ4n) is 6.26. The summed E-state index contributed by atoms with van der Waals surface area (Å²) in [6.07, 6.45) is -0.169. The van der Waals surface area contributed by atoms with E-state index in [0.717, 1.165) is 0 Å². The molecule has 4 atom stereocenters. The zero-order chi connectivity index (χ0) is 27.9. The van der Waals surface area contributed by atoms with Crippen LogP contribution in [0.25, 0.3) is 0 Å². The van der Waals surface area contributed by atoms with E-state index in [-0.39, 0.29) is 29.9 Å². The maximum absolute atomic E-state index is 14.4. The first-order valence-electron chi connectivity index (χ1n) is 13.1. The molecule has 0 saturated carbocycles. The number of benzene rings is 3. The minimum Gasteiger partial charge on any atom is -0.497 e. The van der Waals surface area contributed by atoms with Crippen LogP contribution < -0.4 is 15.0 Å². The Kier molecular flexibility index (Phi) is 7.11. The van der Waals surface area contributed by atoms with Crippen molar-refractivity contribution in [2.45, 2.75) is 43.7 Å². The zero-order valence-corrected chi connectivity index (χ0v) is 23.5. The third-order valence-corrected chi connectivity index (χ3v) is 10.4. The molecule has 2 aliphatic rings. The molecular weight excluding hydrogens is 512 g/mol. The summed E-state index contributed by atoms with van der Waals surface area (Å²) in [4.78, 5) is 40.4. The molecule has 8 nitrogen and oxygen atoms in total. The smallest absolute Gasteiger partial charge is 0.268 e. The van der Waals surface area contributed by atoms with Crippen LogP contribution in [0.15, 0.2) is 72.8 Å². The van der Waals surface area contributed by atoms with Gasteiger partial charge in [0, 0.05) is 40.6 Å². The summed E-state index contributed by atoms with van der Waals surface area (Å²) in [6.45, 7) is 5.53. The van der Waals surface area contributed by atoms with E-state index in [9.17, 15) is 19.5 Å². The standard InChI is InChI=1S/C30H34N2O6Si/c1-19-27(39(3,4)36)26(16-17-33)38-30(19)24-18-21(31-28(34)20-10-13-23(37-2)14-11-20)12-15-25(24)32(29(30)35)22-8-6-5-7-9-22/h5-15,18-19,26-27,33,36H,16-17H2,1-4H3,(H,31,34)/t19-,26+,27-,30+/m0/s1. The maximum atomic E-state index is 14.4. The van der Waals surface area contributed by atoms with Crippen LogP contribution in [0.5, 0.6) is 5.75 Å². The third kappa shape index (κ3) is 4.55. The Morgan fingerprint density at radius 1 is 1.10 bits per heavy atom. The highest BCUT2D eigenvalue weighted by Crippen LogP contribution is 2.60. The van der Waals surface area contributed by atoms with Gasteiger partial charge in [0.1, 0.15) is 5.75 Å². The van der Waals surface area contributed by atoms with Gasteiger partial charge in [0.15, 0.2) is 13.9 Å².